The summed E-state index contributed by atoms with van der Waals surface area (Å²) in [6.45, 7) is 1.79. The molecule has 0 aliphatic carbocycles. The van der Waals surface area contributed by atoms with E-state index in [0.29, 0.717) is 5.56 Å². The molecule has 1 aromatic rings. The van der Waals surface area contributed by atoms with Crippen LogP contribution in [0.15, 0.2) is 18.2 Å². The Kier molecular flexibility index (Phi) is 2.78. The van der Waals surface area contributed by atoms with Crippen LogP contribution in [0.4, 0.5) is 0 Å². The van der Waals surface area contributed by atoms with E-state index in [2.05, 4.69) is 5.92 Å². The van der Waals surface area contributed by atoms with Crippen molar-refractivity contribution in [1.82, 2.24) is 0 Å². The van der Waals surface area contributed by atoms with Crippen molar-refractivity contribution in [2.45, 2.75) is 12.8 Å². The molecule has 0 aliphatic heterocycles. The second-order valence-electron chi connectivity index (χ2n) is 2.97. The number of hydrogen-bond acceptors (Lipinski definition) is 2. The first-order chi connectivity index (χ1) is 6.56. The van der Waals surface area contributed by atoms with E-state index in [1.807, 2.05) is 0 Å². The summed E-state index contributed by atoms with van der Waals surface area (Å²) in [5.74, 6) is 0.930. The van der Waals surface area contributed by atoms with Crippen LogP contribution in [0.25, 0.3) is 0 Å². The van der Waals surface area contributed by atoms with Crippen molar-refractivity contribution in [3.8, 4) is 18.1 Å². The molecule has 1 aromatic carbocycles. The van der Waals surface area contributed by atoms with Crippen LogP contribution in [-0.2, 0) is 0 Å². The van der Waals surface area contributed by atoms with Gasteiger partial charge < -0.3 is 10.2 Å². The molecule has 0 saturated heterocycles. The number of aromatic hydroxyl groups is 1. The lowest BCUT2D eigenvalue weighted by Crippen LogP contribution is -1.99. The maximum atomic E-state index is 10.7. The largest absolute Gasteiger partial charge is 0.507 e. The summed E-state index contributed by atoms with van der Waals surface area (Å²) in [7, 11) is 0. The Balaban J connectivity index is 3.21. The van der Waals surface area contributed by atoms with E-state index < -0.39 is 5.97 Å². The van der Waals surface area contributed by atoms with E-state index in [4.69, 9.17) is 11.5 Å². The Morgan fingerprint density at radius 2 is 2.21 bits per heavy atom. The Hall–Kier alpha value is -1.95. The Morgan fingerprint density at radius 3 is 2.71 bits per heavy atom. The summed E-state index contributed by atoms with van der Waals surface area (Å²) in [5, 5.41) is 18.0. The minimum absolute atomic E-state index is 0.121. The predicted molar refractivity (Wildman–Crippen MR) is 52.3 cm³/mol. The van der Waals surface area contributed by atoms with E-state index in [9.17, 15) is 9.90 Å². The van der Waals surface area contributed by atoms with Crippen molar-refractivity contribution in [2.75, 3.05) is 0 Å². The molecule has 1 rings (SSSR count). The summed E-state index contributed by atoms with van der Waals surface area (Å²) in [6, 6.07) is 4.35. The maximum absolute atomic E-state index is 10.7. The van der Waals surface area contributed by atoms with Crippen molar-refractivity contribution < 1.29 is 15.0 Å². The van der Waals surface area contributed by atoms with Gasteiger partial charge >= 0.3 is 5.97 Å². The summed E-state index contributed by atoms with van der Waals surface area (Å²) in [5.41, 5.74) is 0.590. The zero-order valence-corrected chi connectivity index (χ0v) is 7.69. The normalized spacial score (nSPS) is 11.7. The van der Waals surface area contributed by atoms with Crippen molar-refractivity contribution in [1.29, 1.82) is 0 Å². The highest BCUT2D eigenvalue weighted by molar-refractivity contribution is 5.91. The molecule has 0 bridgehead atoms. The van der Waals surface area contributed by atoms with Crippen molar-refractivity contribution in [3.05, 3.63) is 29.3 Å². The van der Waals surface area contributed by atoms with Gasteiger partial charge in [-0.05, 0) is 24.6 Å². The van der Waals surface area contributed by atoms with Crippen molar-refractivity contribution in [3.63, 3.8) is 0 Å². The van der Waals surface area contributed by atoms with Gasteiger partial charge in [-0.15, -0.1) is 6.42 Å². The number of hydrogen-bond donors (Lipinski definition) is 2. The van der Waals surface area contributed by atoms with Gasteiger partial charge in [-0.2, -0.15) is 0 Å². The van der Waals surface area contributed by atoms with Crippen LogP contribution in [0.2, 0.25) is 0 Å². The van der Waals surface area contributed by atoms with Gasteiger partial charge in [0, 0.05) is 5.92 Å². The third-order valence-electron chi connectivity index (χ3n) is 2.00. The first-order valence-electron chi connectivity index (χ1n) is 4.08. The zero-order valence-electron chi connectivity index (χ0n) is 7.69. The molecule has 0 radical (unpaired) electrons. The summed E-state index contributed by atoms with van der Waals surface area (Å²) in [6.07, 6.45) is 5.21. The van der Waals surface area contributed by atoms with Gasteiger partial charge in [-0.25, -0.2) is 4.79 Å². The van der Waals surface area contributed by atoms with E-state index in [1.165, 1.54) is 12.1 Å². The van der Waals surface area contributed by atoms with Crippen LogP contribution < -0.4 is 0 Å². The van der Waals surface area contributed by atoms with Gasteiger partial charge in [0.2, 0.25) is 0 Å². The average molecular weight is 190 g/mol. The van der Waals surface area contributed by atoms with E-state index in [1.54, 1.807) is 13.0 Å². The number of aromatic carboxylic acids is 1. The van der Waals surface area contributed by atoms with Crippen LogP contribution in [0, 0.1) is 12.3 Å². The maximum Gasteiger partial charge on any atom is 0.339 e. The molecule has 0 unspecified atom stereocenters. The van der Waals surface area contributed by atoms with Crippen LogP contribution >= 0.6 is 0 Å². The molecule has 0 aliphatic rings. The van der Waals surface area contributed by atoms with Gasteiger partial charge in [0.1, 0.15) is 11.3 Å². The fourth-order valence-corrected chi connectivity index (χ4v) is 1.09. The Morgan fingerprint density at radius 1 is 1.57 bits per heavy atom. The first kappa shape index (κ1) is 10.1. The highest BCUT2D eigenvalue weighted by Crippen LogP contribution is 2.22. The van der Waals surface area contributed by atoms with E-state index in [-0.39, 0.29) is 17.2 Å². The molecule has 14 heavy (non-hydrogen) atoms. The van der Waals surface area contributed by atoms with Crippen LogP contribution in [0.1, 0.15) is 28.8 Å². The summed E-state index contributed by atoms with van der Waals surface area (Å²) < 4.78 is 0. The number of phenols is 1. The van der Waals surface area contributed by atoms with Crippen LogP contribution in [0.5, 0.6) is 5.75 Å². The number of carbonyl (C=O) groups is 1. The van der Waals surface area contributed by atoms with E-state index in [0.717, 1.165) is 0 Å². The lowest BCUT2D eigenvalue weighted by molar-refractivity contribution is 0.0693. The minimum atomic E-state index is -1.16. The molecule has 2 N–H and O–H groups in total. The first-order valence-corrected chi connectivity index (χ1v) is 4.08. The molecule has 0 amide bonds. The second kappa shape index (κ2) is 3.84. The van der Waals surface area contributed by atoms with Crippen molar-refractivity contribution in [2.24, 2.45) is 0 Å². The van der Waals surface area contributed by atoms with Gasteiger partial charge in [0.05, 0.1) is 0 Å². The lowest BCUT2D eigenvalue weighted by Gasteiger charge is -2.06. The third-order valence-corrected chi connectivity index (χ3v) is 2.00. The Bertz CT molecular complexity index is 401. The molecule has 0 fully saturated rings. The van der Waals surface area contributed by atoms with E-state index >= 15 is 0 Å². The lowest BCUT2D eigenvalue weighted by atomic mass is 9.99. The predicted octanol–water partition coefficient (Wildman–Crippen LogP) is 1.83. The standard InChI is InChI=1S/C11H10O3/c1-3-7(2)8-4-5-10(12)9(6-8)11(13)14/h1,4-7,12H,2H3,(H,13,14)/t7-/m1/s1. The van der Waals surface area contributed by atoms with Gasteiger partial charge in [-0.3, -0.25) is 0 Å². The fourth-order valence-electron chi connectivity index (χ4n) is 1.09. The number of benzene rings is 1. The summed E-state index contributed by atoms with van der Waals surface area (Å²) in [4.78, 5) is 10.7. The molecular weight excluding hydrogens is 180 g/mol. The zero-order chi connectivity index (χ0) is 10.7. The smallest absolute Gasteiger partial charge is 0.339 e. The third kappa shape index (κ3) is 1.86. The molecule has 0 aromatic heterocycles. The topological polar surface area (TPSA) is 57.5 Å². The number of terminal acetylenes is 1. The summed E-state index contributed by atoms with van der Waals surface area (Å²) >= 11 is 0. The quantitative estimate of drug-likeness (QED) is 0.699. The van der Waals surface area contributed by atoms with Crippen LogP contribution in [-0.4, -0.2) is 16.2 Å². The number of carboxylic acid groups (broad SMARTS) is 1. The monoisotopic (exact) mass is 190 g/mol. The fraction of sp³-hybridized carbons (Fsp3) is 0.182. The molecule has 0 saturated carbocycles. The average Bonchev–Trinajstić information content (AvgIpc) is 2.17. The van der Waals surface area contributed by atoms with Gasteiger partial charge in [-0.1, -0.05) is 12.0 Å². The molecule has 1 atom stereocenters. The molecule has 3 heteroatoms. The van der Waals surface area contributed by atoms with Crippen LogP contribution in [0.3, 0.4) is 0 Å². The van der Waals surface area contributed by atoms with Gasteiger partial charge in [0.15, 0.2) is 0 Å². The number of rotatable bonds is 2. The Labute approximate surface area is 82.0 Å². The molecule has 0 heterocycles. The second-order valence-corrected chi connectivity index (χ2v) is 2.97. The molecule has 3 nitrogen and oxygen atoms in total. The van der Waals surface area contributed by atoms with Crippen molar-refractivity contribution >= 4 is 5.97 Å². The SMILES string of the molecule is C#C[C@@H](C)c1ccc(O)c(C(=O)O)c1. The minimum Gasteiger partial charge on any atom is -0.507 e. The molecule has 0 spiro atoms. The highest BCUT2D eigenvalue weighted by Gasteiger charge is 2.11. The molecular formula is C11H10O3. The highest BCUT2D eigenvalue weighted by atomic mass is 16.4. The number of carboxylic acids is 1. The van der Waals surface area contributed by atoms with Gasteiger partial charge in [0.25, 0.3) is 0 Å². The molecule has 72 valence electrons.